The molecule has 2 rings (SSSR count). The molecule has 0 amide bonds. The minimum absolute atomic E-state index is 0.212. The highest BCUT2D eigenvalue weighted by atomic mass is 16.3. The summed E-state index contributed by atoms with van der Waals surface area (Å²) in [4.78, 5) is 0. The number of nitrogens with two attached hydrogens (primary N) is 1. The van der Waals surface area contributed by atoms with Gasteiger partial charge in [0.1, 0.15) is 11.4 Å². The Morgan fingerprint density at radius 3 is 2.88 bits per heavy atom. The van der Waals surface area contributed by atoms with Crippen LogP contribution < -0.4 is 11.1 Å². The number of hydrogen-bond donors (Lipinski definition) is 3. The first-order chi connectivity index (χ1) is 8.24. The lowest BCUT2D eigenvalue weighted by Gasteiger charge is -2.08. The van der Waals surface area contributed by atoms with Gasteiger partial charge in [0.2, 0.25) is 0 Å². The van der Waals surface area contributed by atoms with Crippen LogP contribution in [-0.2, 0) is 0 Å². The summed E-state index contributed by atoms with van der Waals surface area (Å²) in [5.74, 6) is 0.212. The molecular formula is C12H16N4O. The Hall–Kier alpha value is -2.01. The largest absolute Gasteiger partial charge is 0.506 e. The number of para-hydroxylation sites is 2. The summed E-state index contributed by atoms with van der Waals surface area (Å²) in [5, 5.41) is 17.2. The van der Waals surface area contributed by atoms with Crippen molar-refractivity contribution in [1.82, 2.24) is 9.78 Å². The van der Waals surface area contributed by atoms with E-state index in [0.29, 0.717) is 18.8 Å². The van der Waals surface area contributed by atoms with Crippen LogP contribution in [0.5, 0.6) is 5.75 Å². The molecule has 1 aromatic carbocycles. The third-order valence-electron chi connectivity index (χ3n) is 2.58. The van der Waals surface area contributed by atoms with Crippen molar-refractivity contribution in [2.75, 3.05) is 18.4 Å². The predicted octanol–water partition coefficient (Wildman–Crippen LogP) is 1.26. The first kappa shape index (κ1) is 11.5. The maximum atomic E-state index is 9.77. The van der Waals surface area contributed by atoms with Crippen LogP contribution in [-0.4, -0.2) is 28.0 Å². The number of phenolic OH excluding ortho intramolecular Hbond substituents is 1. The van der Waals surface area contributed by atoms with Crippen molar-refractivity contribution in [3.63, 3.8) is 0 Å². The lowest BCUT2D eigenvalue weighted by molar-refractivity contribution is 0.470. The van der Waals surface area contributed by atoms with Crippen LogP contribution in [0.2, 0.25) is 0 Å². The Kier molecular flexibility index (Phi) is 3.30. The normalized spacial score (nSPS) is 10.5. The molecule has 0 fully saturated rings. The summed E-state index contributed by atoms with van der Waals surface area (Å²) in [5.41, 5.74) is 7.98. The number of aromatic nitrogens is 2. The van der Waals surface area contributed by atoms with Crippen LogP contribution in [0.3, 0.4) is 0 Å². The highest BCUT2D eigenvalue weighted by Crippen LogP contribution is 2.24. The van der Waals surface area contributed by atoms with E-state index < -0.39 is 0 Å². The Bertz CT molecular complexity index is 507. The average molecular weight is 232 g/mol. The Labute approximate surface area is 99.9 Å². The number of nitrogens with zero attached hydrogens (tertiary/aromatic N) is 2. The fourth-order valence-electron chi connectivity index (χ4n) is 1.68. The molecule has 2 aromatic rings. The van der Waals surface area contributed by atoms with Crippen molar-refractivity contribution < 1.29 is 5.11 Å². The molecule has 0 atom stereocenters. The number of nitrogens with one attached hydrogen (secondary N) is 1. The molecule has 5 heteroatoms. The summed E-state index contributed by atoms with van der Waals surface area (Å²) >= 11 is 0. The summed E-state index contributed by atoms with van der Waals surface area (Å²) in [7, 11) is 0. The zero-order chi connectivity index (χ0) is 12.3. The van der Waals surface area contributed by atoms with Gasteiger partial charge >= 0.3 is 0 Å². The second kappa shape index (κ2) is 4.88. The third-order valence-corrected chi connectivity index (χ3v) is 2.58. The van der Waals surface area contributed by atoms with Crippen molar-refractivity contribution in [2.24, 2.45) is 5.73 Å². The Morgan fingerprint density at radius 1 is 1.41 bits per heavy atom. The van der Waals surface area contributed by atoms with E-state index >= 15 is 0 Å². The van der Waals surface area contributed by atoms with E-state index in [2.05, 4.69) is 10.4 Å². The SMILES string of the molecule is Cc1c(NCCN)cnn1-c1ccccc1O. The Morgan fingerprint density at radius 2 is 2.18 bits per heavy atom. The van der Waals surface area contributed by atoms with E-state index in [1.807, 2.05) is 19.1 Å². The molecule has 4 N–H and O–H groups in total. The number of phenols is 1. The molecule has 0 aliphatic rings. The van der Waals surface area contributed by atoms with Crippen LogP contribution in [0, 0.1) is 6.92 Å². The lowest BCUT2D eigenvalue weighted by atomic mass is 10.3. The van der Waals surface area contributed by atoms with Crippen molar-refractivity contribution in [1.29, 1.82) is 0 Å². The highest BCUT2D eigenvalue weighted by Gasteiger charge is 2.09. The molecular weight excluding hydrogens is 216 g/mol. The summed E-state index contributed by atoms with van der Waals surface area (Å²) in [6.45, 7) is 3.22. The molecule has 17 heavy (non-hydrogen) atoms. The van der Waals surface area contributed by atoms with Gasteiger partial charge in [0.25, 0.3) is 0 Å². The van der Waals surface area contributed by atoms with E-state index in [0.717, 1.165) is 11.4 Å². The van der Waals surface area contributed by atoms with Gasteiger partial charge < -0.3 is 16.2 Å². The fraction of sp³-hybridized carbons (Fsp3) is 0.250. The second-order valence-corrected chi connectivity index (χ2v) is 3.76. The molecule has 0 saturated carbocycles. The number of anilines is 1. The standard InChI is InChI=1S/C12H16N4O/c1-9-10(14-7-6-13)8-15-16(9)11-4-2-3-5-12(11)17/h2-5,8,14,17H,6-7,13H2,1H3. The molecule has 1 heterocycles. The molecule has 90 valence electrons. The maximum absolute atomic E-state index is 9.77. The van der Waals surface area contributed by atoms with Gasteiger partial charge in [0.05, 0.1) is 17.6 Å². The summed E-state index contributed by atoms with van der Waals surface area (Å²) in [6, 6.07) is 7.11. The van der Waals surface area contributed by atoms with Gasteiger partial charge in [-0.25, -0.2) is 4.68 Å². The quantitative estimate of drug-likeness (QED) is 0.741. The molecule has 1 aromatic heterocycles. The molecule has 0 bridgehead atoms. The van der Waals surface area contributed by atoms with Gasteiger partial charge in [-0.15, -0.1) is 0 Å². The number of benzene rings is 1. The van der Waals surface area contributed by atoms with Gasteiger partial charge in [0, 0.05) is 13.1 Å². The van der Waals surface area contributed by atoms with Crippen molar-refractivity contribution >= 4 is 5.69 Å². The maximum Gasteiger partial charge on any atom is 0.141 e. The zero-order valence-corrected chi connectivity index (χ0v) is 9.72. The summed E-state index contributed by atoms with van der Waals surface area (Å²) in [6.07, 6.45) is 1.73. The number of rotatable bonds is 4. The third kappa shape index (κ3) is 2.24. The van der Waals surface area contributed by atoms with Crippen LogP contribution in [0.15, 0.2) is 30.5 Å². The van der Waals surface area contributed by atoms with Crippen LogP contribution >= 0.6 is 0 Å². The lowest BCUT2D eigenvalue weighted by Crippen LogP contribution is -2.13. The highest BCUT2D eigenvalue weighted by molar-refractivity contribution is 5.53. The van der Waals surface area contributed by atoms with Gasteiger partial charge in [0.15, 0.2) is 0 Å². The monoisotopic (exact) mass is 232 g/mol. The average Bonchev–Trinajstić information content (AvgIpc) is 2.69. The predicted molar refractivity (Wildman–Crippen MR) is 67.5 cm³/mol. The van der Waals surface area contributed by atoms with E-state index in [9.17, 15) is 5.11 Å². The number of hydrogen-bond acceptors (Lipinski definition) is 4. The second-order valence-electron chi connectivity index (χ2n) is 3.76. The smallest absolute Gasteiger partial charge is 0.141 e. The van der Waals surface area contributed by atoms with E-state index in [1.165, 1.54) is 0 Å². The molecule has 0 unspecified atom stereocenters. The van der Waals surface area contributed by atoms with E-state index in [1.54, 1.807) is 23.0 Å². The van der Waals surface area contributed by atoms with Crippen molar-refractivity contribution in [3.05, 3.63) is 36.2 Å². The van der Waals surface area contributed by atoms with Crippen LogP contribution in [0.25, 0.3) is 5.69 Å². The molecule has 0 spiro atoms. The molecule has 0 radical (unpaired) electrons. The van der Waals surface area contributed by atoms with Crippen molar-refractivity contribution in [3.8, 4) is 11.4 Å². The topological polar surface area (TPSA) is 76.1 Å². The Balaban J connectivity index is 2.34. The van der Waals surface area contributed by atoms with E-state index in [-0.39, 0.29) is 5.75 Å². The zero-order valence-electron chi connectivity index (χ0n) is 9.72. The minimum Gasteiger partial charge on any atom is -0.506 e. The van der Waals surface area contributed by atoms with Gasteiger partial charge in [-0.05, 0) is 19.1 Å². The molecule has 0 aliphatic carbocycles. The fourth-order valence-corrected chi connectivity index (χ4v) is 1.68. The number of aromatic hydroxyl groups is 1. The van der Waals surface area contributed by atoms with Gasteiger partial charge in [-0.1, -0.05) is 12.1 Å². The van der Waals surface area contributed by atoms with Crippen LogP contribution in [0.1, 0.15) is 5.69 Å². The first-order valence-electron chi connectivity index (χ1n) is 5.51. The summed E-state index contributed by atoms with van der Waals surface area (Å²) < 4.78 is 1.70. The van der Waals surface area contributed by atoms with Crippen LogP contribution in [0.4, 0.5) is 5.69 Å². The van der Waals surface area contributed by atoms with E-state index in [4.69, 9.17) is 5.73 Å². The molecule has 0 aliphatic heterocycles. The first-order valence-corrected chi connectivity index (χ1v) is 5.51. The van der Waals surface area contributed by atoms with Gasteiger partial charge in [-0.2, -0.15) is 5.10 Å². The minimum atomic E-state index is 0.212. The molecule has 5 nitrogen and oxygen atoms in total. The molecule has 0 saturated heterocycles. The van der Waals surface area contributed by atoms with Crippen molar-refractivity contribution in [2.45, 2.75) is 6.92 Å². The van der Waals surface area contributed by atoms with Gasteiger partial charge in [-0.3, -0.25) is 0 Å².